The van der Waals surface area contributed by atoms with Crippen molar-refractivity contribution in [2.45, 2.75) is 12.5 Å². The molecule has 0 spiro atoms. The van der Waals surface area contributed by atoms with Crippen LogP contribution in [0.5, 0.6) is 0 Å². The first-order chi connectivity index (χ1) is 11.7. The Morgan fingerprint density at radius 3 is 2.58 bits per heavy atom. The van der Waals surface area contributed by atoms with E-state index < -0.39 is 0 Å². The van der Waals surface area contributed by atoms with Gasteiger partial charge in [0.25, 0.3) is 0 Å². The number of carbonyl (C=O) groups is 1. The Kier molecular flexibility index (Phi) is 5.28. The van der Waals surface area contributed by atoms with E-state index in [1.807, 2.05) is 29.2 Å². The molecule has 0 aliphatic carbocycles. The zero-order valence-corrected chi connectivity index (χ0v) is 14.4. The lowest BCUT2D eigenvalue weighted by Gasteiger charge is -2.25. The SMILES string of the molecule is CN(C)C(CNCC(=O)N1CCc2ccccc21)c1ccccc1. The van der Waals surface area contributed by atoms with E-state index in [4.69, 9.17) is 0 Å². The number of nitrogens with zero attached hydrogens (tertiary/aromatic N) is 2. The molecule has 0 fully saturated rings. The number of carbonyl (C=O) groups excluding carboxylic acids is 1. The fraction of sp³-hybridized carbons (Fsp3) is 0.350. The van der Waals surface area contributed by atoms with Crippen LogP contribution in [0.3, 0.4) is 0 Å². The third kappa shape index (κ3) is 3.66. The van der Waals surface area contributed by atoms with Gasteiger partial charge < -0.3 is 15.1 Å². The number of para-hydroxylation sites is 1. The Morgan fingerprint density at radius 1 is 1.12 bits per heavy atom. The number of rotatable bonds is 6. The maximum atomic E-state index is 12.5. The maximum Gasteiger partial charge on any atom is 0.240 e. The second-order valence-corrected chi connectivity index (χ2v) is 6.45. The Labute approximate surface area is 144 Å². The summed E-state index contributed by atoms with van der Waals surface area (Å²) < 4.78 is 0. The Hall–Kier alpha value is -2.17. The van der Waals surface area contributed by atoms with Crippen LogP contribution in [0.2, 0.25) is 0 Å². The minimum absolute atomic E-state index is 0.144. The molecule has 0 radical (unpaired) electrons. The summed E-state index contributed by atoms with van der Waals surface area (Å²) in [7, 11) is 4.13. The lowest BCUT2D eigenvalue weighted by Crippen LogP contribution is -2.40. The van der Waals surface area contributed by atoms with Gasteiger partial charge in [0.15, 0.2) is 0 Å². The predicted molar refractivity (Wildman–Crippen MR) is 98.2 cm³/mol. The average Bonchev–Trinajstić information content (AvgIpc) is 3.03. The molecule has 0 saturated carbocycles. The third-order valence-corrected chi connectivity index (χ3v) is 4.61. The summed E-state index contributed by atoms with van der Waals surface area (Å²) in [6, 6.07) is 18.8. The molecule has 1 aliphatic rings. The highest BCUT2D eigenvalue weighted by molar-refractivity contribution is 5.96. The molecule has 0 saturated heterocycles. The Morgan fingerprint density at radius 2 is 1.83 bits per heavy atom. The van der Waals surface area contributed by atoms with Crippen molar-refractivity contribution in [1.82, 2.24) is 10.2 Å². The van der Waals surface area contributed by atoms with Crippen LogP contribution in [0.25, 0.3) is 0 Å². The van der Waals surface area contributed by atoms with Gasteiger partial charge in [-0.15, -0.1) is 0 Å². The summed E-state index contributed by atoms with van der Waals surface area (Å²) in [5.41, 5.74) is 3.59. The topological polar surface area (TPSA) is 35.6 Å². The second kappa shape index (κ2) is 7.60. The zero-order chi connectivity index (χ0) is 16.9. The number of hydrogen-bond donors (Lipinski definition) is 1. The minimum atomic E-state index is 0.144. The normalized spacial score (nSPS) is 14.7. The van der Waals surface area contributed by atoms with Gasteiger partial charge in [-0.3, -0.25) is 4.79 Å². The molecular weight excluding hydrogens is 298 g/mol. The van der Waals surface area contributed by atoms with Gasteiger partial charge >= 0.3 is 0 Å². The average molecular weight is 323 g/mol. The molecular formula is C20H25N3O. The number of anilines is 1. The molecule has 24 heavy (non-hydrogen) atoms. The van der Waals surface area contributed by atoms with Crippen LogP contribution >= 0.6 is 0 Å². The van der Waals surface area contributed by atoms with E-state index in [0.717, 1.165) is 25.2 Å². The molecule has 1 aliphatic heterocycles. The minimum Gasteiger partial charge on any atom is -0.311 e. The highest BCUT2D eigenvalue weighted by atomic mass is 16.2. The van der Waals surface area contributed by atoms with E-state index in [1.54, 1.807) is 0 Å². The third-order valence-electron chi connectivity index (χ3n) is 4.61. The summed E-state index contributed by atoms with van der Waals surface area (Å²) in [6.45, 7) is 1.90. The quantitative estimate of drug-likeness (QED) is 0.887. The van der Waals surface area contributed by atoms with Crippen LogP contribution in [0.15, 0.2) is 54.6 Å². The molecule has 1 N–H and O–H groups in total. The fourth-order valence-corrected chi connectivity index (χ4v) is 3.28. The predicted octanol–water partition coefficient (Wildman–Crippen LogP) is 2.47. The molecule has 0 aromatic heterocycles. The smallest absolute Gasteiger partial charge is 0.240 e. The van der Waals surface area contributed by atoms with E-state index in [2.05, 4.69) is 54.6 Å². The second-order valence-electron chi connectivity index (χ2n) is 6.45. The van der Waals surface area contributed by atoms with Gasteiger partial charge in [-0.2, -0.15) is 0 Å². The molecule has 1 amide bonds. The van der Waals surface area contributed by atoms with Gasteiger partial charge in [0.2, 0.25) is 5.91 Å². The Bertz CT molecular complexity index is 684. The largest absolute Gasteiger partial charge is 0.311 e. The number of fused-ring (bicyclic) bond motifs is 1. The molecule has 1 heterocycles. The summed E-state index contributed by atoms with van der Waals surface area (Å²) in [5.74, 6) is 0.144. The summed E-state index contributed by atoms with van der Waals surface area (Å²) in [6.07, 6.45) is 0.951. The van der Waals surface area contributed by atoms with Gasteiger partial charge in [-0.25, -0.2) is 0 Å². The van der Waals surface area contributed by atoms with E-state index in [9.17, 15) is 4.79 Å². The zero-order valence-electron chi connectivity index (χ0n) is 14.4. The lowest BCUT2D eigenvalue weighted by atomic mass is 10.1. The van der Waals surface area contributed by atoms with Crippen LogP contribution in [-0.4, -0.2) is 44.5 Å². The van der Waals surface area contributed by atoms with Crippen LogP contribution in [0.1, 0.15) is 17.2 Å². The van der Waals surface area contributed by atoms with Gasteiger partial charge in [-0.05, 0) is 37.7 Å². The van der Waals surface area contributed by atoms with Crippen molar-refractivity contribution in [3.8, 4) is 0 Å². The standard InChI is InChI=1S/C20H25N3O/c1-22(2)19(16-8-4-3-5-9-16)14-21-15-20(24)23-13-12-17-10-6-7-11-18(17)23/h3-11,19,21H,12-15H2,1-2H3. The van der Waals surface area contributed by atoms with Crippen molar-refractivity contribution in [2.75, 3.05) is 38.6 Å². The number of likely N-dealkylation sites (N-methyl/N-ethyl adjacent to an activating group) is 1. The molecule has 126 valence electrons. The van der Waals surface area contributed by atoms with E-state index >= 15 is 0 Å². The number of nitrogens with one attached hydrogen (secondary N) is 1. The number of amides is 1. The maximum absolute atomic E-state index is 12.5. The van der Waals surface area contributed by atoms with Crippen molar-refractivity contribution in [2.24, 2.45) is 0 Å². The summed E-state index contributed by atoms with van der Waals surface area (Å²) in [4.78, 5) is 16.6. The number of benzene rings is 2. The summed E-state index contributed by atoms with van der Waals surface area (Å²) in [5, 5.41) is 3.34. The Balaban J connectivity index is 1.57. The molecule has 1 atom stereocenters. The molecule has 1 unspecified atom stereocenters. The van der Waals surface area contributed by atoms with Crippen molar-refractivity contribution in [1.29, 1.82) is 0 Å². The monoisotopic (exact) mass is 323 g/mol. The van der Waals surface area contributed by atoms with Gasteiger partial charge in [0, 0.05) is 24.8 Å². The molecule has 4 nitrogen and oxygen atoms in total. The van der Waals surface area contributed by atoms with Crippen molar-refractivity contribution in [3.05, 3.63) is 65.7 Å². The summed E-state index contributed by atoms with van der Waals surface area (Å²) >= 11 is 0. The van der Waals surface area contributed by atoms with Crippen molar-refractivity contribution >= 4 is 11.6 Å². The van der Waals surface area contributed by atoms with Crippen LogP contribution in [0, 0.1) is 0 Å². The van der Waals surface area contributed by atoms with E-state index in [-0.39, 0.29) is 11.9 Å². The first kappa shape index (κ1) is 16.7. The highest BCUT2D eigenvalue weighted by Crippen LogP contribution is 2.27. The van der Waals surface area contributed by atoms with Crippen molar-refractivity contribution in [3.63, 3.8) is 0 Å². The molecule has 0 bridgehead atoms. The lowest BCUT2D eigenvalue weighted by molar-refractivity contribution is -0.117. The van der Waals surface area contributed by atoms with E-state index in [1.165, 1.54) is 11.1 Å². The highest BCUT2D eigenvalue weighted by Gasteiger charge is 2.24. The van der Waals surface area contributed by atoms with Gasteiger partial charge in [0.1, 0.15) is 0 Å². The first-order valence-electron chi connectivity index (χ1n) is 8.47. The van der Waals surface area contributed by atoms with Crippen LogP contribution < -0.4 is 10.2 Å². The molecule has 2 aromatic carbocycles. The molecule has 4 heteroatoms. The van der Waals surface area contributed by atoms with E-state index in [0.29, 0.717) is 6.54 Å². The van der Waals surface area contributed by atoms with Crippen molar-refractivity contribution < 1.29 is 4.79 Å². The molecule has 3 rings (SSSR count). The van der Waals surface area contributed by atoms with Crippen LogP contribution in [0.4, 0.5) is 5.69 Å². The fourth-order valence-electron chi connectivity index (χ4n) is 3.28. The van der Waals surface area contributed by atoms with Crippen LogP contribution in [-0.2, 0) is 11.2 Å². The molecule has 2 aromatic rings. The number of hydrogen-bond acceptors (Lipinski definition) is 3. The first-order valence-corrected chi connectivity index (χ1v) is 8.47. The van der Waals surface area contributed by atoms with Gasteiger partial charge in [-0.1, -0.05) is 48.5 Å². The van der Waals surface area contributed by atoms with Gasteiger partial charge in [0.05, 0.1) is 6.54 Å².